The Balaban J connectivity index is 1.94. The molecule has 0 atom stereocenters. The van der Waals surface area contributed by atoms with E-state index in [1.54, 1.807) is 6.07 Å². The zero-order valence-corrected chi connectivity index (χ0v) is 12.7. The van der Waals surface area contributed by atoms with Gasteiger partial charge in [0.2, 0.25) is 0 Å². The maximum absolute atomic E-state index is 13.4. The van der Waals surface area contributed by atoms with E-state index in [1.807, 2.05) is 0 Å². The first-order valence-electron chi connectivity index (χ1n) is 7.13. The minimum Gasteiger partial charge on any atom is -0.394 e. The SMILES string of the molecule is NC(=S)c1ccc(F)cc1CN1CCC(OCCO)CC1. The molecular weight excluding hydrogens is 291 g/mol. The molecule has 1 heterocycles. The number of hydrogen-bond acceptors (Lipinski definition) is 4. The van der Waals surface area contributed by atoms with Gasteiger partial charge in [0.05, 0.1) is 19.3 Å². The Morgan fingerprint density at radius 2 is 2.14 bits per heavy atom. The average Bonchev–Trinajstić information content (AvgIpc) is 2.46. The normalized spacial score (nSPS) is 17.0. The van der Waals surface area contributed by atoms with Crippen LogP contribution in [0, 0.1) is 5.82 Å². The van der Waals surface area contributed by atoms with Gasteiger partial charge in [0.1, 0.15) is 10.8 Å². The molecule has 0 aliphatic carbocycles. The highest BCUT2D eigenvalue weighted by molar-refractivity contribution is 7.80. The first kappa shape index (κ1) is 16.3. The molecule has 0 spiro atoms. The molecule has 0 amide bonds. The average molecular weight is 312 g/mol. The number of thiocarbonyl (C=S) groups is 1. The molecule has 0 bridgehead atoms. The molecule has 0 aromatic heterocycles. The Hall–Kier alpha value is -1.08. The van der Waals surface area contributed by atoms with Crippen LogP contribution < -0.4 is 5.73 Å². The van der Waals surface area contributed by atoms with Gasteiger partial charge in [-0.15, -0.1) is 0 Å². The number of benzene rings is 1. The monoisotopic (exact) mass is 312 g/mol. The van der Waals surface area contributed by atoms with Crippen molar-refractivity contribution in [1.29, 1.82) is 0 Å². The molecule has 3 N–H and O–H groups in total. The number of piperidine rings is 1. The number of hydrogen-bond donors (Lipinski definition) is 2. The van der Waals surface area contributed by atoms with Gasteiger partial charge in [-0.2, -0.15) is 0 Å². The van der Waals surface area contributed by atoms with Gasteiger partial charge < -0.3 is 15.6 Å². The molecule has 0 saturated carbocycles. The van der Waals surface area contributed by atoms with E-state index in [0.717, 1.165) is 37.1 Å². The van der Waals surface area contributed by atoms with Gasteiger partial charge in [-0.1, -0.05) is 12.2 Å². The second-order valence-electron chi connectivity index (χ2n) is 5.24. The number of ether oxygens (including phenoxy) is 1. The lowest BCUT2D eigenvalue weighted by Crippen LogP contribution is -2.37. The van der Waals surface area contributed by atoms with Gasteiger partial charge in [0, 0.05) is 25.2 Å². The second-order valence-corrected chi connectivity index (χ2v) is 5.68. The van der Waals surface area contributed by atoms with Crippen LogP contribution in [0.2, 0.25) is 0 Å². The molecular formula is C15H21FN2O2S. The zero-order chi connectivity index (χ0) is 15.2. The Kier molecular flexibility index (Phi) is 6.05. The molecule has 1 saturated heterocycles. The fourth-order valence-corrected chi connectivity index (χ4v) is 2.83. The Morgan fingerprint density at radius 3 is 2.76 bits per heavy atom. The maximum atomic E-state index is 13.4. The summed E-state index contributed by atoms with van der Waals surface area (Å²) in [5.41, 5.74) is 7.27. The second kappa shape index (κ2) is 7.79. The topological polar surface area (TPSA) is 58.7 Å². The highest BCUT2D eigenvalue weighted by Gasteiger charge is 2.20. The Bertz CT molecular complexity index is 491. The lowest BCUT2D eigenvalue weighted by Gasteiger charge is -2.32. The smallest absolute Gasteiger partial charge is 0.123 e. The fourth-order valence-electron chi connectivity index (χ4n) is 2.63. The summed E-state index contributed by atoms with van der Waals surface area (Å²) in [5, 5.41) is 8.76. The number of nitrogens with two attached hydrogens (primary N) is 1. The summed E-state index contributed by atoms with van der Waals surface area (Å²) in [6, 6.07) is 4.53. The third-order valence-corrected chi connectivity index (χ3v) is 3.93. The molecule has 1 aromatic rings. The summed E-state index contributed by atoms with van der Waals surface area (Å²) in [5.74, 6) is -0.272. The van der Waals surface area contributed by atoms with Crippen molar-refractivity contribution in [2.75, 3.05) is 26.3 Å². The van der Waals surface area contributed by atoms with Crippen molar-refractivity contribution in [1.82, 2.24) is 4.90 Å². The molecule has 21 heavy (non-hydrogen) atoms. The predicted molar refractivity (Wildman–Crippen MR) is 83.6 cm³/mol. The molecule has 1 aliphatic rings. The maximum Gasteiger partial charge on any atom is 0.123 e. The fraction of sp³-hybridized carbons (Fsp3) is 0.533. The molecule has 1 aromatic carbocycles. The molecule has 4 nitrogen and oxygen atoms in total. The van der Waals surface area contributed by atoms with Gasteiger partial charge in [-0.05, 0) is 36.6 Å². The molecule has 2 rings (SSSR count). The quantitative estimate of drug-likeness (QED) is 0.778. The van der Waals surface area contributed by atoms with Crippen molar-refractivity contribution in [3.63, 3.8) is 0 Å². The molecule has 1 aliphatic heterocycles. The van der Waals surface area contributed by atoms with Gasteiger partial charge >= 0.3 is 0 Å². The molecule has 1 fully saturated rings. The third-order valence-electron chi connectivity index (χ3n) is 3.71. The number of halogens is 1. The lowest BCUT2D eigenvalue weighted by molar-refractivity contribution is -0.00903. The van der Waals surface area contributed by atoms with Crippen molar-refractivity contribution < 1.29 is 14.2 Å². The van der Waals surface area contributed by atoms with Crippen molar-refractivity contribution >= 4 is 17.2 Å². The van der Waals surface area contributed by atoms with Crippen LogP contribution in [0.4, 0.5) is 4.39 Å². The lowest BCUT2D eigenvalue weighted by atomic mass is 10.0. The Morgan fingerprint density at radius 1 is 1.43 bits per heavy atom. The highest BCUT2D eigenvalue weighted by atomic mass is 32.1. The number of nitrogens with zero attached hydrogens (tertiary/aromatic N) is 1. The summed E-state index contributed by atoms with van der Waals surface area (Å²) < 4.78 is 19.0. The van der Waals surface area contributed by atoms with Crippen molar-refractivity contribution in [3.05, 3.63) is 35.1 Å². The van der Waals surface area contributed by atoms with Crippen molar-refractivity contribution in [2.45, 2.75) is 25.5 Å². The summed E-state index contributed by atoms with van der Waals surface area (Å²) in [6.07, 6.45) is 2.03. The van der Waals surface area contributed by atoms with Crippen LogP contribution in [0.25, 0.3) is 0 Å². The number of aliphatic hydroxyl groups is 1. The van der Waals surface area contributed by atoms with Crippen LogP contribution in [0.1, 0.15) is 24.0 Å². The molecule has 0 radical (unpaired) electrons. The van der Waals surface area contributed by atoms with Crippen LogP contribution >= 0.6 is 12.2 Å². The number of rotatable bonds is 6. The van der Waals surface area contributed by atoms with Crippen molar-refractivity contribution in [3.8, 4) is 0 Å². The molecule has 0 unspecified atom stereocenters. The summed E-state index contributed by atoms with van der Waals surface area (Å²) >= 11 is 5.02. The highest BCUT2D eigenvalue weighted by Crippen LogP contribution is 2.19. The molecule has 116 valence electrons. The number of aliphatic hydroxyl groups excluding tert-OH is 1. The van der Waals surface area contributed by atoms with E-state index in [0.29, 0.717) is 18.1 Å². The van der Waals surface area contributed by atoms with Crippen LogP contribution in [0.5, 0.6) is 0 Å². The van der Waals surface area contributed by atoms with Crippen molar-refractivity contribution in [2.24, 2.45) is 5.73 Å². The standard InChI is InChI=1S/C15H21FN2O2S/c16-12-1-2-14(15(17)21)11(9-12)10-18-5-3-13(4-6-18)20-8-7-19/h1-2,9,13,19H,3-8,10H2,(H2,17,21). The van der Waals surface area contributed by atoms with E-state index >= 15 is 0 Å². The molecule has 6 heteroatoms. The largest absolute Gasteiger partial charge is 0.394 e. The minimum atomic E-state index is -0.272. The van der Waals surface area contributed by atoms with E-state index in [4.69, 9.17) is 27.8 Å². The predicted octanol–water partition coefficient (Wildman–Crippen LogP) is 1.43. The van der Waals surface area contributed by atoms with Crippen LogP contribution in [-0.2, 0) is 11.3 Å². The van der Waals surface area contributed by atoms with Gasteiger partial charge in [-0.3, -0.25) is 4.90 Å². The number of likely N-dealkylation sites (tertiary alicyclic amines) is 1. The van der Waals surface area contributed by atoms with Gasteiger partial charge in [0.15, 0.2) is 0 Å². The van der Waals surface area contributed by atoms with E-state index in [9.17, 15) is 4.39 Å². The van der Waals surface area contributed by atoms with Gasteiger partial charge in [-0.25, -0.2) is 4.39 Å². The van der Waals surface area contributed by atoms with E-state index < -0.39 is 0 Å². The first-order valence-corrected chi connectivity index (χ1v) is 7.54. The summed E-state index contributed by atoms with van der Waals surface area (Å²) in [4.78, 5) is 2.54. The Labute approximate surface area is 129 Å². The van der Waals surface area contributed by atoms with Crippen LogP contribution in [-0.4, -0.2) is 47.4 Å². The zero-order valence-electron chi connectivity index (χ0n) is 11.9. The van der Waals surface area contributed by atoms with Crippen LogP contribution in [0.3, 0.4) is 0 Å². The first-order chi connectivity index (χ1) is 10.1. The van der Waals surface area contributed by atoms with E-state index in [-0.39, 0.29) is 18.5 Å². The summed E-state index contributed by atoms with van der Waals surface area (Å²) in [7, 11) is 0. The van der Waals surface area contributed by atoms with Crippen LogP contribution in [0.15, 0.2) is 18.2 Å². The summed E-state index contributed by atoms with van der Waals surface area (Å²) in [6.45, 7) is 2.84. The minimum absolute atomic E-state index is 0.0564. The third kappa shape index (κ3) is 4.71. The van der Waals surface area contributed by atoms with Gasteiger partial charge in [0.25, 0.3) is 0 Å². The van der Waals surface area contributed by atoms with E-state index in [1.165, 1.54) is 12.1 Å². The van der Waals surface area contributed by atoms with E-state index in [2.05, 4.69) is 4.90 Å².